The topological polar surface area (TPSA) is 104 Å². The first kappa shape index (κ1) is 22.0. The molecule has 1 aliphatic carbocycles. The Labute approximate surface area is 207 Å². The molecule has 2 fully saturated rings. The van der Waals surface area contributed by atoms with Crippen molar-refractivity contribution < 1.29 is 4.79 Å². The van der Waals surface area contributed by atoms with E-state index in [1.807, 2.05) is 49.2 Å². The standard InChI is InChI=1S/C25H27ClN8O/c1-15-17(8-9-21(26)27-15)13-20(35)25(2)10-4-11-33(25)24-29-23(19-5-3-12-34(19)32-24)28-22-14-18(30-31-22)16-6-7-16/h3,5,8-9,12,14,16H,4,6-7,10-11,13H2,1-2H3,(H2,28,29,30,31,32)/t25-/m0/s1. The summed E-state index contributed by atoms with van der Waals surface area (Å²) in [6.07, 6.45) is 6.22. The molecule has 2 aliphatic rings. The lowest BCUT2D eigenvalue weighted by molar-refractivity contribution is -0.122. The Hall–Kier alpha value is -3.46. The van der Waals surface area contributed by atoms with Crippen LogP contribution in [0, 0.1) is 6.92 Å². The van der Waals surface area contributed by atoms with E-state index in [2.05, 4.69) is 20.5 Å². The van der Waals surface area contributed by atoms with Crippen molar-refractivity contribution in [3.63, 3.8) is 0 Å². The summed E-state index contributed by atoms with van der Waals surface area (Å²) in [4.78, 5) is 24.9. The highest BCUT2D eigenvalue weighted by Crippen LogP contribution is 2.40. The van der Waals surface area contributed by atoms with Crippen LogP contribution in [0.3, 0.4) is 0 Å². The predicted molar refractivity (Wildman–Crippen MR) is 135 cm³/mol. The molecule has 0 spiro atoms. The number of anilines is 3. The number of aromatic nitrogens is 6. The van der Waals surface area contributed by atoms with Gasteiger partial charge in [0.2, 0.25) is 5.95 Å². The zero-order valence-corrected chi connectivity index (χ0v) is 20.5. The van der Waals surface area contributed by atoms with Gasteiger partial charge in [0, 0.05) is 42.5 Å². The fourth-order valence-corrected chi connectivity index (χ4v) is 5.13. The first-order valence-electron chi connectivity index (χ1n) is 12.0. The average Bonchev–Trinajstić information content (AvgIpc) is 3.19. The summed E-state index contributed by atoms with van der Waals surface area (Å²) in [7, 11) is 0. The lowest BCUT2D eigenvalue weighted by Gasteiger charge is -2.34. The largest absolute Gasteiger partial charge is 0.327 e. The van der Waals surface area contributed by atoms with Crippen molar-refractivity contribution in [2.75, 3.05) is 16.8 Å². The van der Waals surface area contributed by atoms with E-state index in [0.29, 0.717) is 29.4 Å². The van der Waals surface area contributed by atoms with E-state index in [1.54, 1.807) is 10.6 Å². The molecular weight excluding hydrogens is 464 g/mol. The molecule has 2 N–H and O–H groups in total. The zero-order valence-electron chi connectivity index (χ0n) is 19.8. The summed E-state index contributed by atoms with van der Waals surface area (Å²) >= 11 is 6.01. The van der Waals surface area contributed by atoms with Gasteiger partial charge in [-0.1, -0.05) is 17.7 Å². The summed E-state index contributed by atoms with van der Waals surface area (Å²) in [6.45, 7) is 4.58. The molecule has 1 atom stereocenters. The van der Waals surface area contributed by atoms with Gasteiger partial charge in [0.25, 0.3) is 0 Å². The van der Waals surface area contributed by atoms with Crippen LogP contribution in [0.2, 0.25) is 5.15 Å². The smallest absolute Gasteiger partial charge is 0.246 e. The molecule has 0 aromatic carbocycles. The predicted octanol–water partition coefficient (Wildman–Crippen LogP) is 4.60. The third-order valence-electron chi connectivity index (χ3n) is 7.24. The molecule has 4 aromatic heterocycles. The van der Waals surface area contributed by atoms with Gasteiger partial charge in [-0.25, -0.2) is 9.50 Å². The van der Waals surface area contributed by atoms with Crippen LogP contribution in [0.25, 0.3) is 5.52 Å². The van der Waals surface area contributed by atoms with Crippen molar-refractivity contribution >= 4 is 40.5 Å². The van der Waals surface area contributed by atoms with E-state index in [1.165, 1.54) is 12.8 Å². The van der Waals surface area contributed by atoms with Crippen molar-refractivity contribution in [1.82, 2.24) is 29.8 Å². The Morgan fingerprint density at radius 1 is 1.29 bits per heavy atom. The fraction of sp³-hybridized carbons (Fsp3) is 0.400. The second-order valence-electron chi connectivity index (χ2n) is 9.71. The SMILES string of the molecule is Cc1nc(Cl)ccc1CC(=O)[C@]1(C)CCCN1c1nc(Nc2cc(C3CC3)[nH]n2)c2cccn2n1. The van der Waals surface area contributed by atoms with Crippen LogP contribution < -0.4 is 10.2 Å². The van der Waals surface area contributed by atoms with Crippen LogP contribution in [0.5, 0.6) is 0 Å². The van der Waals surface area contributed by atoms with E-state index >= 15 is 0 Å². The number of ketones is 1. The van der Waals surface area contributed by atoms with Gasteiger partial charge in [0.1, 0.15) is 10.7 Å². The highest BCUT2D eigenvalue weighted by atomic mass is 35.5. The number of pyridine rings is 1. The third kappa shape index (κ3) is 4.03. The number of hydrogen-bond acceptors (Lipinski definition) is 7. The van der Waals surface area contributed by atoms with Crippen molar-refractivity contribution in [2.24, 2.45) is 0 Å². The number of carbonyl (C=O) groups excluding carboxylic acids is 1. The minimum absolute atomic E-state index is 0.120. The number of aromatic amines is 1. The van der Waals surface area contributed by atoms with Gasteiger partial charge in [-0.3, -0.25) is 9.89 Å². The highest BCUT2D eigenvalue weighted by molar-refractivity contribution is 6.29. The van der Waals surface area contributed by atoms with Gasteiger partial charge < -0.3 is 10.2 Å². The molecule has 10 heteroatoms. The number of nitrogens with one attached hydrogen (secondary N) is 2. The number of H-pyrrole nitrogens is 1. The molecule has 0 bridgehead atoms. The Kier molecular flexibility index (Phi) is 5.25. The third-order valence-corrected chi connectivity index (χ3v) is 7.45. The lowest BCUT2D eigenvalue weighted by atomic mass is 9.89. The van der Waals surface area contributed by atoms with Gasteiger partial charge in [0.15, 0.2) is 17.4 Å². The normalized spacial score (nSPS) is 20.0. The number of aryl methyl sites for hydroxylation is 1. The summed E-state index contributed by atoms with van der Waals surface area (Å²) in [5.74, 6) is 2.62. The number of carbonyl (C=O) groups is 1. The maximum absolute atomic E-state index is 13.6. The van der Waals surface area contributed by atoms with Crippen LogP contribution in [0.1, 0.15) is 55.5 Å². The molecule has 0 amide bonds. The van der Waals surface area contributed by atoms with Crippen LogP contribution in [-0.4, -0.2) is 47.6 Å². The maximum atomic E-state index is 13.6. The van der Waals surface area contributed by atoms with E-state index in [9.17, 15) is 4.79 Å². The molecule has 9 nitrogen and oxygen atoms in total. The molecule has 0 radical (unpaired) electrons. The molecule has 1 aliphatic heterocycles. The highest BCUT2D eigenvalue weighted by Gasteiger charge is 2.44. The van der Waals surface area contributed by atoms with Gasteiger partial charge in [-0.15, -0.1) is 5.10 Å². The maximum Gasteiger partial charge on any atom is 0.246 e. The first-order valence-corrected chi connectivity index (χ1v) is 12.4. The summed E-state index contributed by atoms with van der Waals surface area (Å²) in [5, 5.41) is 16.1. The Morgan fingerprint density at radius 2 is 2.14 bits per heavy atom. The molecule has 1 saturated heterocycles. The first-order chi connectivity index (χ1) is 16.9. The minimum Gasteiger partial charge on any atom is -0.327 e. The number of nitrogens with zero attached hydrogens (tertiary/aromatic N) is 6. The van der Waals surface area contributed by atoms with Gasteiger partial charge in [-0.2, -0.15) is 10.1 Å². The second kappa shape index (κ2) is 8.34. The van der Waals surface area contributed by atoms with E-state index in [-0.39, 0.29) is 12.2 Å². The summed E-state index contributed by atoms with van der Waals surface area (Å²) < 4.78 is 1.80. The number of halogens is 1. The Morgan fingerprint density at radius 3 is 2.94 bits per heavy atom. The number of hydrogen-bond donors (Lipinski definition) is 2. The van der Waals surface area contributed by atoms with Gasteiger partial charge in [0.05, 0.1) is 5.54 Å². The van der Waals surface area contributed by atoms with Crippen molar-refractivity contribution in [3.8, 4) is 0 Å². The Balaban J connectivity index is 1.31. The lowest BCUT2D eigenvalue weighted by Crippen LogP contribution is -2.50. The molecule has 0 unspecified atom stereocenters. The zero-order chi connectivity index (χ0) is 24.2. The fourth-order valence-electron chi connectivity index (χ4n) is 4.94. The number of fused-ring (bicyclic) bond motifs is 1. The molecule has 6 rings (SSSR count). The summed E-state index contributed by atoms with van der Waals surface area (Å²) in [6, 6.07) is 9.56. The van der Waals surface area contributed by atoms with Crippen LogP contribution in [0.4, 0.5) is 17.6 Å². The molecule has 4 aromatic rings. The van der Waals surface area contributed by atoms with Crippen molar-refractivity contribution in [1.29, 1.82) is 0 Å². The van der Waals surface area contributed by atoms with E-state index in [0.717, 1.165) is 41.1 Å². The minimum atomic E-state index is -0.713. The van der Waals surface area contributed by atoms with E-state index in [4.69, 9.17) is 21.7 Å². The monoisotopic (exact) mass is 490 g/mol. The second-order valence-corrected chi connectivity index (χ2v) is 10.1. The van der Waals surface area contributed by atoms with Crippen molar-refractivity contribution in [2.45, 2.75) is 57.4 Å². The van der Waals surface area contributed by atoms with Crippen LogP contribution >= 0.6 is 11.6 Å². The Bertz CT molecular complexity index is 1420. The van der Waals surface area contributed by atoms with Gasteiger partial charge in [-0.05, 0) is 63.3 Å². The van der Waals surface area contributed by atoms with E-state index < -0.39 is 5.54 Å². The average molecular weight is 491 g/mol. The number of Topliss-reactive ketones (excluding diaryl/α,β-unsaturated/α-hetero) is 1. The van der Waals surface area contributed by atoms with Crippen LogP contribution in [0.15, 0.2) is 36.5 Å². The molecule has 35 heavy (non-hydrogen) atoms. The molecule has 1 saturated carbocycles. The summed E-state index contributed by atoms with van der Waals surface area (Å²) in [5.41, 5.74) is 2.95. The quantitative estimate of drug-likeness (QED) is 0.365. The van der Waals surface area contributed by atoms with Crippen molar-refractivity contribution in [3.05, 3.63) is 58.6 Å². The number of rotatable bonds is 7. The van der Waals surface area contributed by atoms with Crippen LogP contribution in [-0.2, 0) is 11.2 Å². The molecule has 180 valence electrons. The molecular formula is C25H27ClN8O. The van der Waals surface area contributed by atoms with Gasteiger partial charge >= 0.3 is 0 Å². The molecule has 5 heterocycles.